The Morgan fingerprint density at radius 2 is 2.09 bits per heavy atom. The first-order valence-electron chi connectivity index (χ1n) is 10.9. The van der Waals surface area contributed by atoms with Gasteiger partial charge in [0.1, 0.15) is 5.56 Å². The summed E-state index contributed by atoms with van der Waals surface area (Å²) >= 11 is 0. The van der Waals surface area contributed by atoms with E-state index in [4.69, 9.17) is 14.6 Å². The quantitative estimate of drug-likeness (QED) is 0.422. The summed E-state index contributed by atoms with van der Waals surface area (Å²) in [6.07, 6.45) is 7.09. The van der Waals surface area contributed by atoms with E-state index in [1.54, 1.807) is 38.7 Å². The molecule has 1 amide bonds. The van der Waals surface area contributed by atoms with E-state index >= 15 is 0 Å². The summed E-state index contributed by atoms with van der Waals surface area (Å²) in [5.74, 6) is 0.102. The molecular weight excluding hydrogens is 426 g/mol. The fourth-order valence-corrected chi connectivity index (χ4v) is 3.78. The van der Waals surface area contributed by atoms with Crippen LogP contribution in [-0.4, -0.2) is 76.8 Å². The second-order valence-corrected chi connectivity index (χ2v) is 8.07. The van der Waals surface area contributed by atoms with Crippen molar-refractivity contribution in [3.63, 3.8) is 0 Å². The number of likely N-dealkylation sites (tertiary alicyclic amines) is 1. The van der Waals surface area contributed by atoms with E-state index in [9.17, 15) is 9.59 Å². The van der Waals surface area contributed by atoms with Gasteiger partial charge in [-0.3, -0.25) is 24.4 Å². The van der Waals surface area contributed by atoms with E-state index in [-0.39, 0.29) is 30.0 Å². The molecule has 2 N–H and O–H groups in total. The molecule has 1 atom stereocenters. The standard InChI is InChI=1S/C22H31N5O3.CH2O2/c1-16-5-9-27(15-19-13-23-17(2)11-24-19)22(29)20(16)21(28)25-12-18-6-8-26(14-18)7-4-10-30-3;2-1-3/h5,9,11,13,18H,4,6-8,10,12,14-15H2,1-3H3,(H,25,28);1H,(H,2,3). The first-order chi connectivity index (χ1) is 15.9. The summed E-state index contributed by atoms with van der Waals surface area (Å²) < 4.78 is 6.62. The maximum Gasteiger partial charge on any atom is 0.290 e. The summed E-state index contributed by atoms with van der Waals surface area (Å²) in [6.45, 7) is 8.06. The highest BCUT2D eigenvalue weighted by Gasteiger charge is 2.23. The lowest BCUT2D eigenvalue weighted by molar-refractivity contribution is -0.122. The van der Waals surface area contributed by atoms with Crippen LogP contribution in [0.25, 0.3) is 0 Å². The molecule has 1 aliphatic heterocycles. The topological polar surface area (TPSA) is 127 Å². The summed E-state index contributed by atoms with van der Waals surface area (Å²) in [4.78, 5) is 45.0. The first-order valence-corrected chi connectivity index (χ1v) is 10.9. The van der Waals surface area contributed by atoms with Crippen molar-refractivity contribution in [1.82, 2.24) is 24.8 Å². The third-order valence-electron chi connectivity index (χ3n) is 5.51. The van der Waals surface area contributed by atoms with E-state index in [0.717, 1.165) is 44.8 Å². The number of nitrogens with zero attached hydrogens (tertiary/aromatic N) is 4. The third kappa shape index (κ3) is 8.07. The number of amides is 1. The van der Waals surface area contributed by atoms with Crippen LogP contribution in [0, 0.1) is 19.8 Å². The number of carbonyl (C=O) groups is 2. The van der Waals surface area contributed by atoms with Gasteiger partial charge in [0.25, 0.3) is 17.9 Å². The molecule has 3 heterocycles. The van der Waals surface area contributed by atoms with Gasteiger partial charge in [0.2, 0.25) is 0 Å². The fourth-order valence-electron chi connectivity index (χ4n) is 3.78. The summed E-state index contributed by atoms with van der Waals surface area (Å²) in [6, 6.07) is 1.80. The van der Waals surface area contributed by atoms with Crippen LogP contribution >= 0.6 is 0 Å². The number of aryl methyl sites for hydroxylation is 2. The third-order valence-corrected chi connectivity index (χ3v) is 5.51. The van der Waals surface area contributed by atoms with Gasteiger partial charge in [0.05, 0.1) is 24.1 Å². The molecule has 1 fully saturated rings. The van der Waals surface area contributed by atoms with Crippen molar-refractivity contribution < 1.29 is 19.4 Å². The maximum atomic E-state index is 12.9. The predicted molar refractivity (Wildman–Crippen MR) is 123 cm³/mol. The van der Waals surface area contributed by atoms with Crippen molar-refractivity contribution >= 4 is 12.4 Å². The highest BCUT2D eigenvalue weighted by Crippen LogP contribution is 2.15. The Morgan fingerprint density at radius 3 is 2.76 bits per heavy atom. The highest BCUT2D eigenvalue weighted by atomic mass is 16.5. The lowest BCUT2D eigenvalue weighted by Crippen LogP contribution is -2.37. The average molecular weight is 460 g/mol. The lowest BCUT2D eigenvalue weighted by atomic mass is 10.1. The van der Waals surface area contributed by atoms with Crippen LogP contribution < -0.4 is 10.9 Å². The molecule has 3 rings (SSSR count). The zero-order valence-corrected chi connectivity index (χ0v) is 19.5. The zero-order valence-electron chi connectivity index (χ0n) is 19.5. The molecule has 0 aliphatic carbocycles. The largest absolute Gasteiger partial charge is 0.483 e. The van der Waals surface area contributed by atoms with Crippen LogP contribution in [0.1, 0.15) is 40.2 Å². The van der Waals surface area contributed by atoms with Crippen molar-refractivity contribution in [3.8, 4) is 0 Å². The van der Waals surface area contributed by atoms with Crippen molar-refractivity contribution in [3.05, 3.63) is 57.5 Å². The monoisotopic (exact) mass is 459 g/mol. The number of hydrogen-bond acceptors (Lipinski definition) is 7. The molecule has 10 heteroatoms. The Kier molecular flexibility index (Phi) is 10.6. The van der Waals surface area contributed by atoms with Crippen molar-refractivity contribution in [2.45, 2.75) is 33.2 Å². The number of carbonyl (C=O) groups excluding carboxylic acids is 1. The van der Waals surface area contributed by atoms with Gasteiger partial charge >= 0.3 is 0 Å². The smallest absolute Gasteiger partial charge is 0.290 e. The lowest BCUT2D eigenvalue weighted by Gasteiger charge is -2.16. The number of ether oxygens (including phenoxy) is 1. The normalized spacial score (nSPS) is 15.5. The Bertz CT molecular complexity index is 961. The van der Waals surface area contributed by atoms with Crippen LogP contribution in [0.4, 0.5) is 0 Å². The summed E-state index contributed by atoms with van der Waals surface area (Å²) in [5.41, 5.74) is 2.07. The van der Waals surface area contributed by atoms with E-state index in [1.807, 2.05) is 6.92 Å². The van der Waals surface area contributed by atoms with Gasteiger partial charge in [-0.2, -0.15) is 0 Å². The van der Waals surface area contributed by atoms with Crippen LogP contribution in [0.2, 0.25) is 0 Å². The van der Waals surface area contributed by atoms with Gasteiger partial charge in [0, 0.05) is 45.7 Å². The highest BCUT2D eigenvalue weighted by molar-refractivity contribution is 5.95. The fraction of sp³-hybridized carbons (Fsp3) is 0.522. The molecule has 2 aromatic heterocycles. The van der Waals surface area contributed by atoms with Crippen molar-refractivity contribution in [1.29, 1.82) is 0 Å². The average Bonchev–Trinajstić information content (AvgIpc) is 3.24. The number of carboxylic acid groups (broad SMARTS) is 1. The molecule has 33 heavy (non-hydrogen) atoms. The van der Waals surface area contributed by atoms with Gasteiger partial charge in [-0.05, 0) is 50.8 Å². The Labute approximate surface area is 193 Å². The number of methoxy groups -OCH3 is 1. The first kappa shape index (κ1) is 26.1. The number of hydrogen-bond donors (Lipinski definition) is 2. The van der Waals surface area contributed by atoms with Crippen LogP contribution in [0.15, 0.2) is 29.5 Å². The van der Waals surface area contributed by atoms with Gasteiger partial charge in [-0.15, -0.1) is 0 Å². The molecule has 0 spiro atoms. The van der Waals surface area contributed by atoms with E-state index in [2.05, 4.69) is 20.2 Å². The van der Waals surface area contributed by atoms with Gasteiger partial charge in [-0.25, -0.2) is 0 Å². The molecule has 1 aliphatic rings. The van der Waals surface area contributed by atoms with Crippen LogP contribution in [0.5, 0.6) is 0 Å². The van der Waals surface area contributed by atoms with Crippen molar-refractivity contribution in [2.24, 2.45) is 5.92 Å². The Morgan fingerprint density at radius 1 is 1.33 bits per heavy atom. The van der Waals surface area contributed by atoms with Gasteiger partial charge in [0.15, 0.2) is 0 Å². The molecular formula is C23H33N5O5. The van der Waals surface area contributed by atoms with Gasteiger partial charge in [-0.1, -0.05) is 0 Å². The molecule has 0 saturated carbocycles. The minimum absolute atomic E-state index is 0.201. The maximum absolute atomic E-state index is 12.9. The van der Waals surface area contributed by atoms with E-state index in [1.165, 1.54) is 4.57 Å². The molecule has 1 saturated heterocycles. The van der Waals surface area contributed by atoms with Crippen molar-refractivity contribution in [2.75, 3.05) is 39.9 Å². The van der Waals surface area contributed by atoms with E-state index < -0.39 is 0 Å². The molecule has 0 radical (unpaired) electrons. The van der Waals surface area contributed by atoms with E-state index in [0.29, 0.717) is 23.7 Å². The number of pyridine rings is 1. The molecule has 2 aromatic rings. The minimum Gasteiger partial charge on any atom is -0.483 e. The second kappa shape index (κ2) is 13.4. The number of aromatic nitrogens is 3. The molecule has 180 valence electrons. The van der Waals surface area contributed by atoms with Crippen LogP contribution in [-0.2, 0) is 16.1 Å². The van der Waals surface area contributed by atoms with Crippen LogP contribution in [0.3, 0.4) is 0 Å². The number of nitrogens with one attached hydrogen (secondary N) is 1. The summed E-state index contributed by atoms with van der Waals surface area (Å²) in [5, 5.41) is 9.87. The molecule has 1 unspecified atom stereocenters. The number of rotatable bonds is 9. The minimum atomic E-state index is -0.306. The zero-order chi connectivity index (χ0) is 24.2. The predicted octanol–water partition coefficient (Wildman–Crippen LogP) is 1.09. The Balaban J connectivity index is 0.00000122. The Hall–Kier alpha value is -3.11. The SMILES string of the molecule is COCCCN1CCC(CNC(=O)c2c(C)ccn(Cc3cnc(C)cn3)c2=O)C1.O=CO. The van der Waals surface area contributed by atoms with Gasteiger partial charge < -0.3 is 24.6 Å². The molecule has 0 aromatic carbocycles. The second-order valence-electron chi connectivity index (χ2n) is 8.07. The molecule has 0 bridgehead atoms. The summed E-state index contributed by atoms with van der Waals surface area (Å²) in [7, 11) is 1.72. The molecule has 10 nitrogen and oxygen atoms in total.